The van der Waals surface area contributed by atoms with Crippen molar-refractivity contribution in [3.63, 3.8) is 0 Å². The van der Waals surface area contributed by atoms with Crippen molar-refractivity contribution < 1.29 is 32.9 Å². The second kappa shape index (κ2) is 6.53. The van der Waals surface area contributed by atoms with Gasteiger partial charge in [-0.3, -0.25) is 4.79 Å². The topological polar surface area (TPSA) is 78.8 Å². The van der Waals surface area contributed by atoms with E-state index < -0.39 is 24.1 Å². The molecular weight excluding hydrogens is 303 g/mol. The van der Waals surface area contributed by atoms with Gasteiger partial charge in [0.15, 0.2) is 0 Å². The molecule has 1 aliphatic carbocycles. The van der Waals surface area contributed by atoms with Gasteiger partial charge in [0.25, 0.3) is 5.91 Å². The molecule has 2 rings (SSSR count). The number of amides is 1. The van der Waals surface area contributed by atoms with Crippen LogP contribution in [-0.4, -0.2) is 41.2 Å². The molecule has 1 saturated carbocycles. The summed E-state index contributed by atoms with van der Waals surface area (Å²) in [6.07, 6.45) is -4.65. The minimum atomic E-state index is -4.77. The quantitative estimate of drug-likeness (QED) is 0.785. The molecule has 1 aliphatic rings. The van der Waals surface area contributed by atoms with E-state index in [4.69, 9.17) is 5.11 Å². The van der Waals surface area contributed by atoms with Crippen LogP contribution in [0.15, 0.2) is 24.3 Å². The van der Waals surface area contributed by atoms with Crippen LogP contribution in [0, 0.1) is 5.92 Å². The normalized spacial score (nSPS) is 25.0. The molecule has 0 spiro atoms. The third kappa shape index (κ3) is 4.35. The molecule has 1 aromatic carbocycles. The number of carbonyl (C=O) groups excluding carboxylic acids is 1. The fourth-order valence-corrected chi connectivity index (χ4v) is 2.49. The zero-order valence-electron chi connectivity index (χ0n) is 11.5. The Labute approximate surface area is 124 Å². The highest BCUT2D eigenvalue weighted by Crippen LogP contribution is 2.26. The minimum Gasteiger partial charge on any atom is -0.406 e. The molecule has 0 aliphatic heterocycles. The van der Waals surface area contributed by atoms with Gasteiger partial charge in [-0.25, -0.2) is 0 Å². The van der Waals surface area contributed by atoms with E-state index in [1.54, 1.807) is 0 Å². The standard InChI is InChI=1S/C14H16F3NO4/c15-14(16,17)22-11-3-1-8(2-4-11)13(21)18-10-5-9(7-19)12(20)6-10/h1-4,9-10,12,19-20H,5-7H2,(H,18,21)/t9-,10+,12-/m1/s1. The number of aliphatic hydroxyl groups is 2. The van der Waals surface area contributed by atoms with Crippen molar-refractivity contribution in [1.29, 1.82) is 0 Å². The average Bonchev–Trinajstić information content (AvgIpc) is 2.77. The van der Waals surface area contributed by atoms with Crippen molar-refractivity contribution >= 4 is 5.91 Å². The summed E-state index contributed by atoms with van der Waals surface area (Å²) in [5.41, 5.74) is 0.191. The molecule has 0 heterocycles. The maximum Gasteiger partial charge on any atom is 0.573 e. The summed E-state index contributed by atoms with van der Waals surface area (Å²) in [7, 11) is 0. The number of nitrogens with one attached hydrogen (secondary N) is 1. The lowest BCUT2D eigenvalue weighted by Gasteiger charge is -2.13. The molecular formula is C14H16F3NO4. The number of benzene rings is 1. The predicted octanol–water partition coefficient (Wildman–Crippen LogP) is 1.45. The van der Waals surface area contributed by atoms with Gasteiger partial charge in [-0.1, -0.05) is 0 Å². The van der Waals surface area contributed by atoms with E-state index in [1.807, 2.05) is 0 Å². The van der Waals surface area contributed by atoms with Gasteiger partial charge in [-0.15, -0.1) is 13.2 Å². The Kier molecular flexibility index (Phi) is 4.92. The number of alkyl halides is 3. The molecule has 0 unspecified atom stereocenters. The van der Waals surface area contributed by atoms with E-state index in [2.05, 4.69) is 10.1 Å². The van der Waals surface area contributed by atoms with Crippen LogP contribution in [0.2, 0.25) is 0 Å². The number of rotatable bonds is 4. The molecule has 1 aromatic rings. The molecule has 0 saturated heterocycles. The highest BCUT2D eigenvalue weighted by molar-refractivity contribution is 5.94. The van der Waals surface area contributed by atoms with Crippen molar-refractivity contribution in [3.8, 4) is 5.75 Å². The van der Waals surface area contributed by atoms with E-state index in [0.717, 1.165) is 12.1 Å². The Bertz CT molecular complexity index is 518. The lowest BCUT2D eigenvalue weighted by atomic mass is 10.1. The minimum absolute atomic E-state index is 0.156. The van der Waals surface area contributed by atoms with Crippen LogP contribution < -0.4 is 10.1 Å². The Morgan fingerprint density at radius 1 is 1.27 bits per heavy atom. The van der Waals surface area contributed by atoms with E-state index in [1.165, 1.54) is 12.1 Å². The van der Waals surface area contributed by atoms with Crippen LogP contribution in [0.4, 0.5) is 13.2 Å². The lowest BCUT2D eigenvalue weighted by Crippen LogP contribution is -2.33. The molecule has 122 valence electrons. The van der Waals surface area contributed by atoms with Gasteiger partial charge in [0.1, 0.15) is 5.75 Å². The summed E-state index contributed by atoms with van der Waals surface area (Å²) in [5.74, 6) is -1.12. The molecule has 0 radical (unpaired) electrons. The number of halogens is 3. The van der Waals surface area contributed by atoms with Gasteiger partial charge in [0.2, 0.25) is 0 Å². The molecule has 1 fully saturated rings. The number of aliphatic hydroxyl groups excluding tert-OH is 2. The summed E-state index contributed by atoms with van der Waals surface area (Å²) < 4.78 is 39.8. The van der Waals surface area contributed by atoms with Crippen molar-refractivity contribution in [2.75, 3.05) is 6.61 Å². The smallest absolute Gasteiger partial charge is 0.406 e. The van der Waals surface area contributed by atoms with Crippen molar-refractivity contribution in [1.82, 2.24) is 5.32 Å². The van der Waals surface area contributed by atoms with Crippen molar-refractivity contribution in [2.45, 2.75) is 31.3 Å². The number of carbonyl (C=O) groups is 1. The van der Waals surface area contributed by atoms with Crippen LogP contribution in [-0.2, 0) is 0 Å². The average molecular weight is 319 g/mol. The predicted molar refractivity (Wildman–Crippen MR) is 70.2 cm³/mol. The molecule has 3 N–H and O–H groups in total. The summed E-state index contributed by atoms with van der Waals surface area (Å²) in [6, 6.07) is 4.30. The second-order valence-corrected chi connectivity index (χ2v) is 5.22. The summed E-state index contributed by atoms with van der Waals surface area (Å²) in [5, 5.41) is 21.4. The van der Waals surface area contributed by atoms with Gasteiger partial charge in [0, 0.05) is 24.1 Å². The molecule has 0 bridgehead atoms. The Morgan fingerprint density at radius 3 is 2.41 bits per heavy atom. The second-order valence-electron chi connectivity index (χ2n) is 5.22. The van der Waals surface area contributed by atoms with Gasteiger partial charge in [0.05, 0.1) is 6.10 Å². The first-order chi connectivity index (χ1) is 10.3. The van der Waals surface area contributed by atoms with Gasteiger partial charge >= 0.3 is 6.36 Å². The highest BCUT2D eigenvalue weighted by Gasteiger charge is 2.33. The van der Waals surface area contributed by atoms with Gasteiger partial charge in [-0.2, -0.15) is 0 Å². The monoisotopic (exact) mass is 319 g/mol. The largest absolute Gasteiger partial charge is 0.573 e. The van der Waals surface area contributed by atoms with Crippen molar-refractivity contribution in [3.05, 3.63) is 29.8 Å². The third-order valence-corrected chi connectivity index (χ3v) is 3.58. The fourth-order valence-electron chi connectivity index (χ4n) is 2.49. The van der Waals surface area contributed by atoms with Gasteiger partial charge in [-0.05, 0) is 37.1 Å². The highest BCUT2D eigenvalue weighted by atomic mass is 19.4. The lowest BCUT2D eigenvalue weighted by molar-refractivity contribution is -0.274. The Morgan fingerprint density at radius 2 is 1.91 bits per heavy atom. The number of ether oxygens (including phenoxy) is 1. The summed E-state index contributed by atoms with van der Waals surface area (Å²) in [6.45, 7) is -0.156. The van der Waals surface area contributed by atoms with Crippen LogP contribution in [0.25, 0.3) is 0 Å². The Balaban J connectivity index is 1.93. The third-order valence-electron chi connectivity index (χ3n) is 3.58. The molecule has 3 atom stereocenters. The van der Waals surface area contributed by atoms with Crippen LogP contribution in [0.5, 0.6) is 5.75 Å². The number of hydrogen-bond acceptors (Lipinski definition) is 4. The maximum absolute atomic E-state index is 12.0. The van der Waals surface area contributed by atoms with Crippen LogP contribution >= 0.6 is 0 Å². The van der Waals surface area contributed by atoms with E-state index >= 15 is 0 Å². The zero-order chi connectivity index (χ0) is 16.3. The first-order valence-electron chi connectivity index (χ1n) is 6.74. The van der Waals surface area contributed by atoms with Gasteiger partial charge < -0.3 is 20.3 Å². The SMILES string of the molecule is O=C(N[C@H]1C[C@H](CO)[C@H](O)C1)c1ccc(OC(F)(F)F)cc1. The summed E-state index contributed by atoms with van der Waals surface area (Å²) >= 11 is 0. The van der Waals surface area contributed by atoms with Crippen molar-refractivity contribution in [2.24, 2.45) is 5.92 Å². The van der Waals surface area contributed by atoms with E-state index in [9.17, 15) is 23.1 Å². The molecule has 0 aromatic heterocycles. The number of hydrogen-bond donors (Lipinski definition) is 3. The van der Waals surface area contributed by atoms with E-state index in [-0.39, 0.29) is 24.1 Å². The first kappa shape index (κ1) is 16.6. The zero-order valence-corrected chi connectivity index (χ0v) is 11.5. The molecule has 8 heteroatoms. The molecule has 5 nitrogen and oxygen atoms in total. The Hall–Kier alpha value is -1.80. The van der Waals surface area contributed by atoms with Crippen LogP contribution in [0.3, 0.4) is 0 Å². The van der Waals surface area contributed by atoms with Crippen LogP contribution in [0.1, 0.15) is 23.2 Å². The molecule has 22 heavy (non-hydrogen) atoms. The fraction of sp³-hybridized carbons (Fsp3) is 0.500. The maximum atomic E-state index is 12.0. The summed E-state index contributed by atoms with van der Waals surface area (Å²) in [4.78, 5) is 12.0. The first-order valence-corrected chi connectivity index (χ1v) is 6.74. The van der Waals surface area contributed by atoms with E-state index in [0.29, 0.717) is 12.8 Å². The molecule has 1 amide bonds.